The number of amides is 1. The Kier molecular flexibility index (Phi) is 8.67. The number of hydrogen-bond acceptors (Lipinski definition) is 5. The molecule has 5 rings (SSSR count). The lowest BCUT2D eigenvalue weighted by Gasteiger charge is -2.25. The lowest BCUT2D eigenvalue weighted by Crippen LogP contribution is -2.39. The first-order chi connectivity index (χ1) is 19.1. The average molecular weight is 533 g/mol. The highest BCUT2D eigenvalue weighted by molar-refractivity contribution is 5.77. The SMILES string of the molecule is CCOc1cc(CN2CC[C@H]3C(NC(=O)OCc4ccccc4)CC[C@H]32)cc(OCC)c1-c1ccc(F)cc1. The zero-order chi connectivity index (χ0) is 27.2. The third kappa shape index (κ3) is 6.36. The van der Waals surface area contributed by atoms with Crippen LogP contribution in [0.25, 0.3) is 11.1 Å². The number of carbonyl (C=O) groups excluding carboxylic acids is 1. The van der Waals surface area contributed by atoms with Gasteiger partial charge in [-0.05, 0) is 86.5 Å². The highest BCUT2D eigenvalue weighted by atomic mass is 19.1. The molecule has 0 radical (unpaired) electrons. The minimum atomic E-state index is -0.345. The van der Waals surface area contributed by atoms with Gasteiger partial charge in [-0.1, -0.05) is 42.5 Å². The third-order valence-electron chi connectivity index (χ3n) is 7.76. The first kappa shape index (κ1) is 27.0. The summed E-state index contributed by atoms with van der Waals surface area (Å²) in [6.45, 7) is 6.98. The van der Waals surface area contributed by atoms with Gasteiger partial charge in [-0.15, -0.1) is 0 Å². The van der Waals surface area contributed by atoms with Crippen LogP contribution in [0.2, 0.25) is 0 Å². The zero-order valence-corrected chi connectivity index (χ0v) is 22.7. The lowest BCUT2D eigenvalue weighted by molar-refractivity contribution is 0.132. The zero-order valence-electron chi connectivity index (χ0n) is 22.7. The Labute approximate surface area is 230 Å². The van der Waals surface area contributed by atoms with E-state index in [-0.39, 0.29) is 24.6 Å². The molecule has 0 spiro atoms. The Hall–Kier alpha value is -3.58. The monoisotopic (exact) mass is 532 g/mol. The van der Waals surface area contributed by atoms with Crippen molar-refractivity contribution in [3.8, 4) is 22.6 Å². The summed E-state index contributed by atoms with van der Waals surface area (Å²) in [6.07, 6.45) is 2.68. The van der Waals surface area contributed by atoms with E-state index in [1.165, 1.54) is 12.1 Å². The number of rotatable bonds is 10. The smallest absolute Gasteiger partial charge is 0.407 e. The van der Waals surface area contributed by atoms with E-state index in [1.807, 2.05) is 44.2 Å². The van der Waals surface area contributed by atoms with E-state index in [2.05, 4.69) is 22.3 Å². The summed E-state index contributed by atoms with van der Waals surface area (Å²) in [5.74, 6) is 1.62. The fraction of sp³-hybridized carbons (Fsp3) is 0.406. The second-order valence-electron chi connectivity index (χ2n) is 10.2. The Bertz CT molecular complexity index is 1220. The largest absolute Gasteiger partial charge is 0.493 e. The van der Waals surface area contributed by atoms with Gasteiger partial charge in [0, 0.05) is 18.6 Å². The predicted molar refractivity (Wildman–Crippen MR) is 149 cm³/mol. The molecule has 2 fully saturated rings. The summed E-state index contributed by atoms with van der Waals surface area (Å²) in [6, 6.07) is 20.9. The number of benzene rings is 3. The molecule has 0 aromatic heterocycles. The Morgan fingerprint density at radius 3 is 2.28 bits per heavy atom. The van der Waals surface area contributed by atoms with E-state index in [4.69, 9.17) is 14.2 Å². The van der Waals surface area contributed by atoms with Crippen LogP contribution < -0.4 is 14.8 Å². The summed E-state index contributed by atoms with van der Waals surface area (Å²) < 4.78 is 31.2. The van der Waals surface area contributed by atoms with Crippen LogP contribution in [-0.2, 0) is 17.9 Å². The van der Waals surface area contributed by atoms with Crippen molar-refractivity contribution >= 4 is 6.09 Å². The number of fused-ring (bicyclic) bond motifs is 1. The average Bonchev–Trinajstić information content (AvgIpc) is 3.52. The molecule has 3 aromatic rings. The summed E-state index contributed by atoms with van der Waals surface area (Å²) in [7, 11) is 0. The molecule has 1 saturated heterocycles. The molecule has 1 aliphatic heterocycles. The molecule has 3 aromatic carbocycles. The van der Waals surface area contributed by atoms with Gasteiger partial charge in [0.05, 0.1) is 18.8 Å². The number of ether oxygens (including phenoxy) is 3. The number of likely N-dealkylation sites (tertiary alicyclic amines) is 1. The van der Waals surface area contributed by atoms with Gasteiger partial charge in [0.2, 0.25) is 0 Å². The molecule has 7 heteroatoms. The molecule has 6 nitrogen and oxygen atoms in total. The number of nitrogens with one attached hydrogen (secondary N) is 1. The van der Waals surface area contributed by atoms with Gasteiger partial charge in [0.25, 0.3) is 0 Å². The van der Waals surface area contributed by atoms with Crippen molar-refractivity contribution in [3.05, 3.63) is 83.7 Å². The molecule has 1 heterocycles. The summed E-state index contributed by atoms with van der Waals surface area (Å²) in [5, 5.41) is 3.13. The predicted octanol–water partition coefficient (Wildman–Crippen LogP) is 6.57. The van der Waals surface area contributed by atoms with Gasteiger partial charge in [-0.3, -0.25) is 4.90 Å². The summed E-state index contributed by atoms with van der Waals surface area (Å²) in [4.78, 5) is 15.0. The van der Waals surface area contributed by atoms with Gasteiger partial charge in [0.1, 0.15) is 23.9 Å². The van der Waals surface area contributed by atoms with Crippen molar-refractivity contribution in [3.63, 3.8) is 0 Å². The second-order valence-corrected chi connectivity index (χ2v) is 10.2. The summed E-state index contributed by atoms with van der Waals surface area (Å²) >= 11 is 0. The molecule has 39 heavy (non-hydrogen) atoms. The van der Waals surface area contributed by atoms with Crippen molar-refractivity contribution in [2.45, 2.75) is 58.3 Å². The van der Waals surface area contributed by atoms with Gasteiger partial charge in [0.15, 0.2) is 0 Å². The Morgan fingerprint density at radius 2 is 1.62 bits per heavy atom. The van der Waals surface area contributed by atoms with Crippen molar-refractivity contribution < 1.29 is 23.4 Å². The highest BCUT2D eigenvalue weighted by Crippen LogP contribution is 2.42. The van der Waals surface area contributed by atoms with Crippen LogP contribution >= 0.6 is 0 Å². The van der Waals surface area contributed by atoms with Crippen LogP contribution in [0.5, 0.6) is 11.5 Å². The molecule has 1 amide bonds. The molecular formula is C32H37FN2O4. The van der Waals surface area contributed by atoms with Crippen LogP contribution in [0.15, 0.2) is 66.7 Å². The van der Waals surface area contributed by atoms with Gasteiger partial charge in [-0.25, -0.2) is 9.18 Å². The van der Waals surface area contributed by atoms with Gasteiger partial charge >= 0.3 is 6.09 Å². The van der Waals surface area contributed by atoms with Crippen LogP contribution in [-0.4, -0.2) is 42.8 Å². The van der Waals surface area contributed by atoms with Gasteiger partial charge in [-0.2, -0.15) is 0 Å². The number of carbonyl (C=O) groups is 1. The molecular weight excluding hydrogens is 495 g/mol. The van der Waals surface area contributed by atoms with Crippen molar-refractivity contribution in [1.29, 1.82) is 0 Å². The number of alkyl carbamates (subject to hydrolysis) is 1. The topological polar surface area (TPSA) is 60.0 Å². The van der Waals surface area contributed by atoms with Crippen molar-refractivity contribution in [2.75, 3.05) is 19.8 Å². The molecule has 2 aliphatic rings. The van der Waals surface area contributed by atoms with Crippen LogP contribution in [0.1, 0.15) is 44.2 Å². The molecule has 0 bridgehead atoms. The normalized spacial score (nSPS) is 20.4. The standard InChI is InChI=1S/C32H37FN2O4/c1-3-37-29-18-23(19-30(38-4-2)31(29)24-10-12-25(33)13-11-24)20-35-17-16-26-27(14-15-28(26)35)34-32(36)39-21-22-8-6-5-7-9-22/h5-13,18-19,26-28H,3-4,14-17,20-21H2,1-2H3,(H,34,36)/t26-,27?,28+/m0/s1. The minimum absolute atomic E-state index is 0.127. The number of nitrogens with zero attached hydrogens (tertiary/aromatic N) is 1. The first-order valence-corrected chi connectivity index (χ1v) is 14.0. The molecule has 1 aliphatic carbocycles. The van der Waals surface area contributed by atoms with E-state index in [0.717, 1.165) is 66.1 Å². The van der Waals surface area contributed by atoms with E-state index < -0.39 is 0 Å². The fourth-order valence-electron chi connectivity index (χ4n) is 6.08. The molecule has 1 N–H and O–H groups in total. The van der Waals surface area contributed by atoms with Crippen LogP contribution in [0, 0.1) is 11.7 Å². The molecule has 206 valence electrons. The molecule has 1 unspecified atom stereocenters. The second kappa shape index (κ2) is 12.5. The van der Waals surface area contributed by atoms with Crippen molar-refractivity contribution in [1.82, 2.24) is 10.2 Å². The van der Waals surface area contributed by atoms with E-state index in [1.54, 1.807) is 12.1 Å². The van der Waals surface area contributed by atoms with Crippen LogP contribution in [0.4, 0.5) is 9.18 Å². The lowest BCUT2D eigenvalue weighted by atomic mass is 9.99. The fourth-order valence-corrected chi connectivity index (χ4v) is 6.08. The van der Waals surface area contributed by atoms with Crippen LogP contribution in [0.3, 0.4) is 0 Å². The maximum absolute atomic E-state index is 13.6. The number of hydrogen-bond donors (Lipinski definition) is 1. The first-order valence-electron chi connectivity index (χ1n) is 14.0. The minimum Gasteiger partial charge on any atom is -0.493 e. The highest BCUT2D eigenvalue weighted by Gasteiger charge is 2.44. The molecule has 1 saturated carbocycles. The maximum atomic E-state index is 13.6. The summed E-state index contributed by atoms with van der Waals surface area (Å²) in [5.41, 5.74) is 3.81. The number of halogens is 1. The van der Waals surface area contributed by atoms with E-state index in [0.29, 0.717) is 25.2 Å². The molecule has 3 atom stereocenters. The van der Waals surface area contributed by atoms with Gasteiger partial charge < -0.3 is 19.5 Å². The van der Waals surface area contributed by atoms with Crippen molar-refractivity contribution in [2.24, 2.45) is 5.92 Å². The van der Waals surface area contributed by atoms with E-state index in [9.17, 15) is 9.18 Å². The van der Waals surface area contributed by atoms with E-state index >= 15 is 0 Å². The third-order valence-corrected chi connectivity index (χ3v) is 7.76. The quantitative estimate of drug-likeness (QED) is 0.320. The Morgan fingerprint density at radius 1 is 0.923 bits per heavy atom. The maximum Gasteiger partial charge on any atom is 0.407 e. The Balaban J connectivity index is 1.27.